The Bertz CT molecular complexity index is 889. The van der Waals surface area contributed by atoms with E-state index in [9.17, 15) is 4.79 Å². The van der Waals surface area contributed by atoms with Crippen LogP contribution in [0.3, 0.4) is 0 Å². The van der Waals surface area contributed by atoms with Crippen LogP contribution >= 0.6 is 0 Å². The highest BCUT2D eigenvalue weighted by Crippen LogP contribution is 2.20. The van der Waals surface area contributed by atoms with Crippen LogP contribution in [0.2, 0.25) is 0 Å². The fraction of sp³-hybridized carbons (Fsp3) is 0.238. The SMILES string of the molecule is O=C(Nc1ccc2ccccc2c1)NC1CCN(c2ccccn2)CC1. The third-order valence-corrected chi connectivity index (χ3v) is 4.81. The third-order valence-electron chi connectivity index (χ3n) is 4.81. The van der Waals surface area contributed by atoms with Gasteiger partial charge in [0.15, 0.2) is 0 Å². The van der Waals surface area contributed by atoms with Crippen molar-refractivity contribution in [3.8, 4) is 0 Å². The van der Waals surface area contributed by atoms with E-state index in [2.05, 4.69) is 26.6 Å². The molecular formula is C21H22N4O. The van der Waals surface area contributed by atoms with E-state index in [-0.39, 0.29) is 12.1 Å². The second-order valence-electron chi connectivity index (χ2n) is 6.61. The number of rotatable bonds is 3. The Morgan fingerprint density at radius 3 is 2.50 bits per heavy atom. The molecule has 2 aromatic carbocycles. The highest BCUT2D eigenvalue weighted by Gasteiger charge is 2.21. The Morgan fingerprint density at radius 1 is 0.962 bits per heavy atom. The summed E-state index contributed by atoms with van der Waals surface area (Å²) in [6, 6.07) is 20.1. The smallest absolute Gasteiger partial charge is 0.319 e. The number of hydrogen-bond donors (Lipinski definition) is 2. The topological polar surface area (TPSA) is 57.3 Å². The van der Waals surface area contributed by atoms with Gasteiger partial charge in [-0.1, -0.05) is 36.4 Å². The average molecular weight is 346 g/mol. The summed E-state index contributed by atoms with van der Waals surface area (Å²) in [4.78, 5) is 19.0. The molecule has 1 aliphatic rings. The van der Waals surface area contributed by atoms with Crippen LogP contribution < -0.4 is 15.5 Å². The fourth-order valence-corrected chi connectivity index (χ4v) is 3.41. The first kappa shape index (κ1) is 16.4. The number of urea groups is 1. The number of nitrogens with one attached hydrogen (secondary N) is 2. The minimum atomic E-state index is -0.142. The molecule has 0 spiro atoms. The van der Waals surface area contributed by atoms with Crippen molar-refractivity contribution in [3.05, 3.63) is 66.9 Å². The predicted molar refractivity (Wildman–Crippen MR) is 106 cm³/mol. The predicted octanol–water partition coefficient (Wildman–Crippen LogP) is 4.03. The third kappa shape index (κ3) is 3.77. The molecule has 0 atom stereocenters. The van der Waals surface area contributed by atoms with Gasteiger partial charge in [0.2, 0.25) is 0 Å². The molecule has 2 amide bonds. The minimum Gasteiger partial charge on any atom is -0.356 e. The van der Waals surface area contributed by atoms with Gasteiger partial charge in [-0.15, -0.1) is 0 Å². The number of carbonyl (C=O) groups is 1. The van der Waals surface area contributed by atoms with Crippen LogP contribution in [0.4, 0.5) is 16.3 Å². The van der Waals surface area contributed by atoms with E-state index in [1.807, 2.05) is 60.8 Å². The molecule has 132 valence electrons. The van der Waals surface area contributed by atoms with Crippen LogP contribution in [0.15, 0.2) is 66.9 Å². The lowest BCUT2D eigenvalue weighted by Crippen LogP contribution is -2.46. The van der Waals surface area contributed by atoms with Gasteiger partial charge in [0.25, 0.3) is 0 Å². The molecule has 5 nitrogen and oxygen atoms in total. The van der Waals surface area contributed by atoms with Gasteiger partial charge in [0, 0.05) is 31.0 Å². The molecule has 0 aliphatic carbocycles. The van der Waals surface area contributed by atoms with Crippen LogP contribution in [0.1, 0.15) is 12.8 Å². The first-order chi connectivity index (χ1) is 12.8. The summed E-state index contributed by atoms with van der Waals surface area (Å²) in [7, 11) is 0. The lowest BCUT2D eigenvalue weighted by molar-refractivity contribution is 0.246. The molecule has 1 fully saturated rings. The number of amides is 2. The number of hydrogen-bond acceptors (Lipinski definition) is 3. The summed E-state index contributed by atoms with van der Waals surface area (Å²) in [5.41, 5.74) is 0.812. The average Bonchev–Trinajstić information content (AvgIpc) is 2.69. The van der Waals surface area contributed by atoms with E-state index < -0.39 is 0 Å². The molecular weight excluding hydrogens is 324 g/mol. The maximum atomic E-state index is 12.3. The highest BCUT2D eigenvalue weighted by molar-refractivity contribution is 5.93. The summed E-state index contributed by atoms with van der Waals surface area (Å²) in [6.07, 6.45) is 3.65. The number of fused-ring (bicyclic) bond motifs is 1. The van der Waals surface area contributed by atoms with Crippen molar-refractivity contribution < 1.29 is 4.79 Å². The number of pyridine rings is 1. The van der Waals surface area contributed by atoms with Crippen LogP contribution in [0.25, 0.3) is 10.8 Å². The molecule has 0 radical (unpaired) electrons. The molecule has 5 heteroatoms. The Hall–Kier alpha value is -3.08. The Labute approximate surface area is 153 Å². The molecule has 3 aromatic rings. The van der Waals surface area contributed by atoms with Gasteiger partial charge in [-0.25, -0.2) is 9.78 Å². The van der Waals surface area contributed by atoms with Gasteiger partial charge in [-0.3, -0.25) is 0 Å². The Balaban J connectivity index is 1.31. The molecule has 1 saturated heterocycles. The molecule has 1 aliphatic heterocycles. The quantitative estimate of drug-likeness (QED) is 0.753. The normalized spacial score (nSPS) is 15.0. The highest BCUT2D eigenvalue weighted by atomic mass is 16.2. The van der Waals surface area contributed by atoms with Crippen molar-refractivity contribution in [2.45, 2.75) is 18.9 Å². The van der Waals surface area contributed by atoms with Crippen molar-refractivity contribution in [2.75, 3.05) is 23.3 Å². The monoisotopic (exact) mass is 346 g/mol. The lowest BCUT2D eigenvalue weighted by Gasteiger charge is -2.33. The summed E-state index contributed by atoms with van der Waals surface area (Å²) in [6.45, 7) is 1.80. The van der Waals surface area contributed by atoms with Crippen LogP contribution in [-0.4, -0.2) is 30.1 Å². The van der Waals surface area contributed by atoms with Crippen molar-refractivity contribution in [3.63, 3.8) is 0 Å². The van der Waals surface area contributed by atoms with Crippen molar-refractivity contribution in [1.29, 1.82) is 0 Å². The van der Waals surface area contributed by atoms with Gasteiger partial charge in [0.05, 0.1) is 0 Å². The van der Waals surface area contributed by atoms with Gasteiger partial charge in [-0.05, 0) is 47.9 Å². The molecule has 0 unspecified atom stereocenters. The van der Waals surface area contributed by atoms with Gasteiger partial charge in [0.1, 0.15) is 5.82 Å². The zero-order valence-electron chi connectivity index (χ0n) is 14.6. The second kappa shape index (κ2) is 7.44. The number of aromatic nitrogens is 1. The van der Waals surface area contributed by atoms with Crippen molar-refractivity contribution in [1.82, 2.24) is 10.3 Å². The minimum absolute atomic E-state index is 0.142. The first-order valence-corrected chi connectivity index (χ1v) is 9.00. The van der Waals surface area contributed by atoms with E-state index in [1.54, 1.807) is 0 Å². The molecule has 0 saturated carbocycles. The number of benzene rings is 2. The van der Waals surface area contributed by atoms with Gasteiger partial charge in [-0.2, -0.15) is 0 Å². The molecule has 26 heavy (non-hydrogen) atoms. The maximum absolute atomic E-state index is 12.3. The molecule has 2 N–H and O–H groups in total. The van der Waals surface area contributed by atoms with E-state index in [0.29, 0.717) is 0 Å². The zero-order valence-corrected chi connectivity index (χ0v) is 14.6. The summed E-state index contributed by atoms with van der Waals surface area (Å²) in [5, 5.41) is 8.32. The standard InChI is InChI=1S/C21H22N4O/c26-21(24-19-9-8-16-5-1-2-6-17(16)15-19)23-18-10-13-25(14-11-18)20-7-3-4-12-22-20/h1-9,12,15,18H,10-11,13-14H2,(H2,23,24,26). The summed E-state index contributed by atoms with van der Waals surface area (Å²) >= 11 is 0. The maximum Gasteiger partial charge on any atom is 0.319 e. The zero-order chi connectivity index (χ0) is 17.8. The lowest BCUT2D eigenvalue weighted by atomic mass is 10.1. The van der Waals surface area contributed by atoms with E-state index >= 15 is 0 Å². The first-order valence-electron chi connectivity index (χ1n) is 9.00. The van der Waals surface area contributed by atoms with E-state index in [4.69, 9.17) is 0 Å². The molecule has 1 aromatic heterocycles. The molecule has 4 rings (SSSR count). The van der Waals surface area contributed by atoms with Crippen molar-refractivity contribution in [2.24, 2.45) is 0 Å². The number of piperidine rings is 1. The summed E-state index contributed by atoms with van der Waals surface area (Å²) in [5.74, 6) is 1.01. The summed E-state index contributed by atoms with van der Waals surface area (Å²) < 4.78 is 0. The van der Waals surface area contributed by atoms with Crippen LogP contribution in [0.5, 0.6) is 0 Å². The van der Waals surface area contributed by atoms with Gasteiger partial charge >= 0.3 is 6.03 Å². The Morgan fingerprint density at radius 2 is 1.73 bits per heavy atom. The number of nitrogens with zero attached hydrogens (tertiary/aromatic N) is 2. The number of carbonyl (C=O) groups excluding carboxylic acids is 1. The molecule has 2 heterocycles. The largest absolute Gasteiger partial charge is 0.356 e. The van der Waals surface area contributed by atoms with Crippen LogP contribution in [0, 0.1) is 0 Å². The fourth-order valence-electron chi connectivity index (χ4n) is 3.41. The van der Waals surface area contributed by atoms with E-state index in [1.165, 1.54) is 5.39 Å². The van der Waals surface area contributed by atoms with E-state index in [0.717, 1.165) is 42.8 Å². The Kier molecular flexibility index (Phi) is 4.69. The van der Waals surface area contributed by atoms with Crippen molar-refractivity contribution >= 4 is 28.3 Å². The number of anilines is 2. The molecule has 0 bridgehead atoms. The second-order valence-corrected chi connectivity index (χ2v) is 6.61. The van der Waals surface area contributed by atoms with Crippen LogP contribution in [-0.2, 0) is 0 Å². The van der Waals surface area contributed by atoms with Gasteiger partial charge < -0.3 is 15.5 Å².